The molecule has 1 aliphatic rings. The number of carbonyl (C=O) groups excluding carboxylic acids is 1. The van der Waals surface area contributed by atoms with Crippen LogP contribution in [0.2, 0.25) is 0 Å². The van der Waals surface area contributed by atoms with Gasteiger partial charge in [-0.1, -0.05) is 58.0 Å². The number of thioether (sulfide) groups is 1. The average Bonchev–Trinajstić information content (AvgIpc) is 3.34. The minimum atomic E-state index is -1.38. The van der Waals surface area contributed by atoms with Gasteiger partial charge in [0.25, 0.3) is 0 Å². The van der Waals surface area contributed by atoms with Gasteiger partial charge >= 0.3 is 5.97 Å². The molecule has 2 aromatic carbocycles. The van der Waals surface area contributed by atoms with Gasteiger partial charge in [0.1, 0.15) is 17.1 Å². The molecule has 1 heterocycles. The predicted octanol–water partition coefficient (Wildman–Crippen LogP) is 5.27. The van der Waals surface area contributed by atoms with Gasteiger partial charge in [0, 0.05) is 5.92 Å². The highest BCUT2D eigenvalue weighted by Gasteiger charge is 2.56. The Labute approximate surface area is 218 Å². The van der Waals surface area contributed by atoms with Crippen LogP contribution in [0.25, 0.3) is 0 Å². The zero-order valence-electron chi connectivity index (χ0n) is 22.1. The van der Waals surface area contributed by atoms with Crippen LogP contribution in [0.3, 0.4) is 0 Å². The van der Waals surface area contributed by atoms with E-state index in [2.05, 4.69) is 0 Å². The van der Waals surface area contributed by atoms with Crippen LogP contribution in [-0.4, -0.2) is 42.3 Å². The molecule has 2 unspecified atom stereocenters. The Bertz CT molecular complexity index is 1060. The SMILES string of the molecule is CCOC(=O)C1=C[C@@H](C(O)(c2ccc(OC)cc2)C(C)C)[C@H](C(O)(c2ccc(OC)cc2)C(C)C)S1. The molecule has 0 radical (unpaired) electrons. The molecule has 0 amide bonds. The second kappa shape index (κ2) is 11.3. The molecule has 2 aromatic rings. The van der Waals surface area contributed by atoms with Crippen molar-refractivity contribution in [2.45, 2.75) is 51.1 Å². The number of hydrogen-bond acceptors (Lipinski definition) is 7. The van der Waals surface area contributed by atoms with Crippen LogP contribution in [0.15, 0.2) is 59.5 Å². The fraction of sp³-hybridized carbons (Fsp3) is 0.483. The normalized spacial score (nSPS) is 21.0. The zero-order valence-corrected chi connectivity index (χ0v) is 23.0. The van der Waals surface area contributed by atoms with E-state index in [1.54, 1.807) is 27.2 Å². The molecule has 2 N–H and O–H groups in total. The van der Waals surface area contributed by atoms with Gasteiger partial charge in [-0.3, -0.25) is 0 Å². The number of hydrogen-bond donors (Lipinski definition) is 2. The maximum Gasteiger partial charge on any atom is 0.344 e. The van der Waals surface area contributed by atoms with E-state index in [-0.39, 0.29) is 18.4 Å². The molecule has 0 spiro atoms. The highest BCUT2D eigenvalue weighted by molar-refractivity contribution is 8.04. The van der Waals surface area contributed by atoms with Gasteiger partial charge in [0.2, 0.25) is 0 Å². The lowest BCUT2D eigenvalue weighted by atomic mass is 9.66. The fourth-order valence-electron chi connectivity index (χ4n) is 4.99. The summed E-state index contributed by atoms with van der Waals surface area (Å²) in [5, 5.41) is 24.3. The van der Waals surface area contributed by atoms with Crippen molar-refractivity contribution < 1.29 is 29.2 Å². The van der Waals surface area contributed by atoms with Gasteiger partial charge in [-0.25, -0.2) is 4.79 Å². The Balaban J connectivity index is 2.20. The van der Waals surface area contributed by atoms with Crippen molar-refractivity contribution in [1.82, 2.24) is 0 Å². The van der Waals surface area contributed by atoms with Crippen molar-refractivity contribution in [3.05, 3.63) is 70.6 Å². The Morgan fingerprint density at radius 3 is 1.69 bits per heavy atom. The summed E-state index contributed by atoms with van der Waals surface area (Å²) in [5.41, 5.74) is -1.37. The van der Waals surface area contributed by atoms with E-state index in [0.29, 0.717) is 27.5 Å². The lowest BCUT2D eigenvalue weighted by Gasteiger charge is -2.47. The van der Waals surface area contributed by atoms with Crippen LogP contribution in [0.5, 0.6) is 11.5 Å². The molecule has 0 saturated heterocycles. The van der Waals surface area contributed by atoms with Gasteiger partial charge in [0.15, 0.2) is 0 Å². The van der Waals surface area contributed by atoms with Crippen molar-refractivity contribution in [2.24, 2.45) is 17.8 Å². The van der Waals surface area contributed by atoms with Crippen LogP contribution >= 0.6 is 11.8 Å². The standard InChI is InChI=1S/C29H38O6S/c1-8-35-27(30)25-17-24(28(31,18(2)3)20-9-13-22(33-6)14-10-20)26(36-25)29(32,19(4)5)21-11-15-23(34-7)16-12-21/h9-19,24,26,31-32H,8H2,1-7H3/t24-,26-,28?,29?/m1/s1. The third-order valence-corrected chi connectivity index (χ3v) is 8.66. The highest BCUT2D eigenvalue weighted by atomic mass is 32.2. The largest absolute Gasteiger partial charge is 0.497 e. The molecule has 196 valence electrons. The maximum absolute atomic E-state index is 12.9. The lowest BCUT2D eigenvalue weighted by Crippen LogP contribution is -2.52. The van der Waals surface area contributed by atoms with Gasteiger partial charge in [-0.05, 0) is 54.2 Å². The number of aliphatic hydroxyl groups is 2. The Hall–Kier alpha value is -2.48. The molecule has 1 aliphatic heterocycles. The summed E-state index contributed by atoms with van der Waals surface area (Å²) in [6.45, 7) is 9.80. The first-order chi connectivity index (χ1) is 17.0. The van der Waals surface area contributed by atoms with Crippen LogP contribution in [0.4, 0.5) is 0 Å². The van der Waals surface area contributed by atoms with E-state index >= 15 is 0 Å². The topological polar surface area (TPSA) is 85.2 Å². The van der Waals surface area contributed by atoms with Gasteiger partial charge in [-0.2, -0.15) is 0 Å². The molecule has 7 heteroatoms. The van der Waals surface area contributed by atoms with E-state index in [1.807, 2.05) is 76.2 Å². The van der Waals surface area contributed by atoms with Crippen molar-refractivity contribution in [3.8, 4) is 11.5 Å². The molecular formula is C29H38O6S. The van der Waals surface area contributed by atoms with E-state index in [9.17, 15) is 15.0 Å². The van der Waals surface area contributed by atoms with Crippen molar-refractivity contribution in [1.29, 1.82) is 0 Å². The first-order valence-electron chi connectivity index (χ1n) is 12.3. The molecule has 0 bridgehead atoms. The first kappa shape index (κ1) is 28.1. The Morgan fingerprint density at radius 2 is 1.31 bits per heavy atom. The van der Waals surface area contributed by atoms with E-state index in [4.69, 9.17) is 14.2 Å². The van der Waals surface area contributed by atoms with Crippen LogP contribution in [0, 0.1) is 17.8 Å². The number of methoxy groups -OCH3 is 2. The summed E-state index contributed by atoms with van der Waals surface area (Å²) >= 11 is 1.27. The van der Waals surface area contributed by atoms with Crippen LogP contribution in [0.1, 0.15) is 45.7 Å². The smallest absolute Gasteiger partial charge is 0.344 e. The van der Waals surface area contributed by atoms with E-state index in [1.165, 1.54) is 11.8 Å². The van der Waals surface area contributed by atoms with Crippen molar-refractivity contribution in [3.63, 3.8) is 0 Å². The number of esters is 1. The van der Waals surface area contributed by atoms with Gasteiger partial charge < -0.3 is 24.4 Å². The van der Waals surface area contributed by atoms with Crippen molar-refractivity contribution in [2.75, 3.05) is 20.8 Å². The Kier molecular flexibility index (Phi) is 8.80. The first-order valence-corrected chi connectivity index (χ1v) is 13.2. The van der Waals surface area contributed by atoms with Crippen LogP contribution in [-0.2, 0) is 20.7 Å². The zero-order chi connectivity index (χ0) is 26.7. The summed E-state index contributed by atoms with van der Waals surface area (Å²) < 4.78 is 16.0. The van der Waals surface area contributed by atoms with Crippen LogP contribution < -0.4 is 9.47 Å². The number of ether oxygens (including phenoxy) is 3. The second-order valence-corrected chi connectivity index (χ2v) is 10.9. The molecule has 3 rings (SSSR count). The quantitative estimate of drug-likeness (QED) is 0.418. The minimum Gasteiger partial charge on any atom is -0.497 e. The molecule has 4 atom stereocenters. The van der Waals surface area contributed by atoms with E-state index in [0.717, 1.165) is 0 Å². The summed E-state index contributed by atoms with van der Waals surface area (Å²) in [6, 6.07) is 14.6. The summed E-state index contributed by atoms with van der Waals surface area (Å²) in [5.74, 6) is -0.136. The van der Waals surface area contributed by atoms with Gasteiger partial charge in [0.05, 0.1) is 36.6 Å². The third-order valence-electron chi connectivity index (χ3n) is 7.19. The Morgan fingerprint density at radius 1 is 0.861 bits per heavy atom. The molecule has 0 aliphatic carbocycles. The molecule has 36 heavy (non-hydrogen) atoms. The third kappa shape index (κ3) is 5.01. The second-order valence-electron chi connectivity index (χ2n) is 9.73. The number of benzene rings is 2. The highest BCUT2D eigenvalue weighted by Crippen LogP contribution is 2.56. The van der Waals surface area contributed by atoms with Crippen molar-refractivity contribution >= 4 is 17.7 Å². The fourth-order valence-corrected chi connectivity index (χ4v) is 6.67. The number of rotatable bonds is 10. The number of carbonyl (C=O) groups is 1. The summed E-state index contributed by atoms with van der Waals surface area (Å²) in [7, 11) is 3.19. The maximum atomic E-state index is 12.9. The molecule has 6 nitrogen and oxygen atoms in total. The summed E-state index contributed by atoms with van der Waals surface area (Å²) in [4.78, 5) is 13.3. The molecule has 0 aromatic heterocycles. The minimum absolute atomic E-state index is 0.229. The molecule has 0 saturated carbocycles. The molecule has 0 fully saturated rings. The van der Waals surface area contributed by atoms with E-state index < -0.39 is 28.3 Å². The summed E-state index contributed by atoms with van der Waals surface area (Å²) in [6.07, 6.45) is 1.79. The average molecular weight is 515 g/mol. The predicted molar refractivity (Wildman–Crippen MR) is 143 cm³/mol. The molecular weight excluding hydrogens is 476 g/mol. The monoisotopic (exact) mass is 514 g/mol. The van der Waals surface area contributed by atoms with Gasteiger partial charge in [-0.15, -0.1) is 11.8 Å². The lowest BCUT2D eigenvalue weighted by molar-refractivity contribution is -0.137.